The first-order valence-electron chi connectivity index (χ1n) is 6.72. The van der Waals surface area contributed by atoms with E-state index in [1.165, 1.54) is 25.7 Å². The van der Waals surface area contributed by atoms with Gasteiger partial charge in [0, 0.05) is 12.6 Å². The first-order chi connectivity index (χ1) is 7.69. The van der Waals surface area contributed by atoms with Crippen LogP contribution in [0.1, 0.15) is 52.9 Å². The molecule has 1 aliphatic rings. The van der Waals surface area contributed by atoms with Gasteiger partial charge in [-0.2, -0.15) is 0 Å². The Bertz CT molecular complexity index is 218. The fraction of sp³-hybridized carbons (Fsp3) is 0.923. The van der Waals surface area contributed by atoms with Gasteiger partial charge in [0.1, 0.15) is 0 Å². The molecule has 1 rings (SSSR count). The maximum atomic E-state index is 11.7. The Morgan fingerprint density at radius 3 is 2.69 bits per heavy atom. The molecule has 3 nitrogen and oxygen atoms in total. The average Bonchev–Trinajstić information content (AvgIpc) is 3.02. The second-order valence-electron chi connectivity index (χ2n) is 4.90. The molecule has 0 radical (unpaired) electrons. The lowest BCUT2D eigenvalue weighted by molar-refractivity contribution is -0.122. The van der Waals surface area contributed by atoms with E-state index in [0.29, 0.717) is 6.04 Å². The molecule has 0 heterocycles. The van der Waals surface area contributed by atoms with Crippen LogP contribution in [0.25, 0.3) is 0 Å². The average molecular weight is 226 g/mol. The fourth-order valence-corrected chi connectivity index (χ4v) is 2.04. The lowest BCUT2D eigenvalue weighted by Crippen LogP contribution is -2.43. The molecule has 1 amide bonds. The van der Waals surface area contributed by atoms with E-state index in [9.17, 15) is 4.79 Å². The maximum absolute atomic E-state index is 11.7. The van der Waals surface area contributed by atoms with Gasteiger partial charge in [-0.1, -0.05) is 33.1 Å². The van der Waals surface area contributed by atoms with Crippen molar-refractivity contribution in [2.45, 2.75) is 65.0 Å². The molecule has 0 aromatic rings. The van der Waals surface area contributed by atoms with Crippen molar-refractivity contribution in [1.29, 1.82) is 0 Å². The molecule has 3 unspecified atom stereocenters. The summed E-state index contributed by atoms with van der Waals surface area (Å²) in [5.41, 5.74) is 0. The minimum atomic E-state index is -0.0387. The van der Waals surface area contributed by atoms with Crippen molar-refractivity contribution in [3.63, 3.8) is 0 Å². The largest absolute Gasteiger partial charge is 0.355 e. The quantitative estimate of drug-likeness (QED) is 0.622. The highest BCUT2D eigenvalue weighted by molar-refractivity contribution is 5.81. The van der Waals surface area contributed by atoms with Crippen molar-refractivity contribution in [2.75, 3.05) is 6.54 Å². The predicted octanol–water partition coefficient (Wildman–Crippen LogP) is 2.07. The van der Waals surface area contributed by atoms with Gasteiger partial charge in [0.15, 0.2) is 0 Å². The van der Waals surface area contributed by atoms with E-state index in [1.807, 2.05) is 6.92 Å². The summed E-state index contributed by atoms with van der Waals surface area (Å²) in [6.07, 6.45) is 5.95. The SMILES string of the molecule is CCCCCNC(=O)C(C)NC1CC1CC. The topological polar surface area (TPSA) is 41.1 Å². The number of amides is 1. The lowest BCUT2D eigenvalue weighted by Gasteiger charge is -2.13. The molecular weight excluding hydrogens is 200 g/mol. The second-order valence-corrected chi connectivity index (χ2v) is 4.90. The van der Waals surface area contributed by atoms with Crippen LogP contribution in [0.4, 0.5) is 0 Å². The van der Waals surface area contributed by atoms with Crippen LogP contribution < -0.4 is 10.6 Å². The van der Waals surface area contributed by atoms with Gasteiger partial charge in [-0.25, -0.2) is 0 Å². The third-order valence-corrected chi connectivity index (χ3v) is 3.38. The van der Waals surface area contributed by atoms with E-state index in [2.05, 4.69) is 24.5 Å². The Labute approximate surface area is 99.4 Å². The Hall–Kier alpha value is -0.570. The lowest BCUT2D eigenvalue weighted by atomic mass is 10.2. The van der Waals surface area contributed by atoms with Gasteiger partial charge in [-0.3, -0.25) is 4.79 Å². The van der Waals surface area contributed by atoms with E-state index >= 15 is 0 Å². The molecule has 0 bridgehead atoms. The number of unbranched alkanes of at least 4 members (excludes halogenated alkanes) is 2. The summed E-state index contributed by atoms with van der Waals surface area (Å²) in [6, 6.07) is 0.546. The monoisotopic (exact) mass is 226 g/mol. The zero-order valence-electron chi connectivity index (χ0n) is 10.9. The smallest absolute Gasteiger partial charge is 0.236 e. The molecule has 3 atom stereocenters. The number of carbonyl (C=O) groups is 1. The van der Waals surface area contributed by atoms with Crippen LogP contribution in [-0.2, 0) is 4.79 Å². The van der Waals surface area contributed by atoms with Gasteiger partial charge in [-0.05, 0) is 25.7 Å². The maximum Gasteiger partial charge on any atom is 0.236 e. The van der Waals surface area contributed by atoms with Crippen LogP contribution in [-0.4, -0.2) is 24.5 Å². The number of rotatable bonds is 8. The van der Waals surface area contributed by atoms with Gasteiger partial charge in [0.25, 0.3) is 0 Å². The highest BCUT2D eigenvalue weighted by atomic mass is 16.2. The van der Waals surface area contributed by atoms with Crippen molar-refractivity contribution < 1.29 is 4.79 Å². The van der Waals surface area contributed by atoms with Gasteiger partial charge in [-0.15, -0.1) is 0 Å². The fourth-order valence-electron chi connectivity index (χ4n) is 2.04. The summed E-state index contributed by atoms with van der Waals surface area (Å²) in [7, 11) is 0. The van der Waals surface area contributed by atoms with E-state index in [-0.39, 0.29) is 11.9 Å². The van der Waals surface area contributed by atoms with Crippen LogP contribution in [0.2, 0.25) is 0 Å². The first kappa shape index (κ1) is 13.5. The highest BCUT2D eigenvalue weighted by Crippen LogP contribution is 2.33. The number of hydrogen-bond acceptors (Lipinski definition) is 2. The summed E-state index contributed by atoms with van der Waals surface area (Å²) >= 11 is 0. The predicted molar refractivity (Wildman–Crippen MR) is 67.3 cm³/mol. The molecule has 0 saturated heterocycles. The number of hydrogen-bond donors (Lipinski definition) is 2. The molecule has 0 aromatic heterocycles. The molecule has 16 heavy (non-hydrogen) atoms. The van der Waals surface area contributed by atoms with Crippen molar-refractivity contribution in [1.82, 2.24) is 10.6 Å². The molecule has 1 saturated carbocycles. The van der Waals surface area contributed by atoms with Crippen LogP contribution in [0, 0.1) is 5.92 Å². The molecule has 1 fully saturated rings. The van der Waals surface area contributed by atoms with Crippen molar-refractivity contribution in [3.8, 4) is 0 Å². The molecule has 2 N–H and O–H groups in total. The molecule has 3 heteroatoms. The van der Waals surface area contributed by atoms with E-state index < -0.39 is 0 Å². The van der Waals surface area contributed by atoms with Crippen molar-refractivity contribution in [3.05, 3.63) is 0 Å². The minimum Gasteiger partial charge on any atom is -0.355 e. The van der Waals surface area contributed by atoms with Gasteiger partial charge >= 0.3 is 0 Å². The number of carbonyl (C=O) groups excluding carboxylic acids is 1. The van der Waals surface area contributed by atoms with Crippen LogP contribution in [0.15, 0.2) is 0 Å². The van der Waals surface area contributed by atoms with E-state index in [0.717, 1.165) is 18.9 Å². The minimum absolute atomic E-state index is 0.0387. The first-order valence-corrected chi connectivity index (χ1v) is 6.72. The van der Waals surface area contributed by atoms with Gasteiger partial charge in [0.2, 0.25) is 5.91 Å². The Morgan fingerprint density at radius 2 is 2.12 bits per heavy atom. The molecule has 1 aliphatic carbocycles. The molecule has 0 aliphatic heterocycles. The van der Waals surface area contributed by atoms with E-state index in [4.69, 9.17) is 0 Å². The summed E-state index contributed by atoms with van der Waals surface area (Å²) in [4.78, 5) is 11.7. The third kappa shape index (κ3) is 4.52. The summed E-state index contributed by atoms with van der Waals surface area (Å²) < 4.78 is 0. The summed E-state index contributed by atoms with van der Waals surface area (Å²) in [5, 5.41) is 6.37. The van der Waals surface area contributed by atoms with E-state index in [1.54, 1.807) is 0 Å². The van der Waals surface area contributed by atoms with Crippen molar-refractivity contribution >= 4 is 5.91 Å². The molecule has 94 valence electrons. The summed E-state index contributed by atoms with van der Waals surface area (Å²) in [5.74, 6) is 0.952. The molecule has 0 aromatic carbocycles. The standard InChI is InChI=1S/C13H26N2O/c1-4-6-7-8-14-13(16)10(3)15-12-9-11(12)5-2/h10-12,15H,4-9H2,1-3H3,(H,14,16). The highest BCUT2D eigenvalue weighted by Gasteiger charge is 2.36. The van der Waals surface area contributed by atoms with Gasteiger partial charge < -0.3 is 10.6 Å². The zero-order chi connectivity index (χ0) is 12.0. The molecule has 0 spiro atoms. The zero-order valence-corrected chi connectivity index (χ0v) is 10.9. The third-order valence-electron chi connectivity index (χ3n) is 3.38. The molecular formula is C13H26N2O. The van der Waals surface area contributed by atoms with Gasteiger partial charge in [0.05, 0.1) is 6.04 Å². The normalized spacial score (nSPS) is 25.2. The Kier molecular flexibility index (Phi) is 5.81. The Morgan fingerprint density at radius 1 is 1.38 bits per heavy atom. The van der Waals surface area contributed by atoms with Crippen LogP contribution in [0.5, 0.6) is 0 Å². The second kappa shape index (κ2) is 6.89. The van der Waals surface area contributed by atoms with Crippen molar-refractivity contribution in [2.24, 2.45) is 5.92 Å². The van der Waals surface area contributed by atoms with Crippen LogP contribution in [0.3, 0.4) is 0 Å². The number of nitrogens with one attached hydrogen (secondary N) is 2. The summed E-state index contributed by atoms with van der Waals surface area (Å²) in [6.45, 7) is 7.16. The Balaban J connectivity index is 2.06. The van der Waals surface area contributed by atoms with Crippen LogP contribution >= 0.6 is 0 Å².